The van der Waals surface area contributed by atoms with E-state index in [9.17, 15) is 32.6 Å². The van der Waals surface area contributed by atoms with Gasteiger partial charge in [-0.05, 0) is 12.1 Å². The number of aliphatic hydroxyl groups excluding tert-OH is 1. The van der Waals surface area contributed by atoms with E-state index in [-0.39, 0.29) is 27.9 Å². The summed E-state index contributed by atoms with van der Waals surface area (Å²) < 4.78 is 48.7. The zero-order valence-corrected chi connectivity index (χ0v) is 10.9. The third kappa shape index (κ3) is 2.95. The minimum atomic E-state index is -4.88. The van der Waals surface area contributed by atoms with E-state index < -0.39 is 28.5 Å². The number of H-pyrrole nitrogens is 1. The minimum Gasteiger partial charge on any atom is -0.382 e. The zero-order chi connectivity index (χ0) is 15.8. The largest absolute Gasteiger partial charge is 0.423 e. The van der Waals surface area contributed by atoms with E-state index in [1.807, 2.05) is 0 Å². The first-order valence-electron chi connectivity index (χ1n) is 5.42. The number of rotatable bonds is 3. The summed E-state index contributed by atoms with van der Waals surface area (Å²) in [6.45, 7) is 0. The third-order valence-electron chi connectivity index (χ3n) is 2.76. The lowest BCUT2D eigenvalue weighted by Crippen LogP contribution is -2.08. The summed E-state index contributed by atoms with van der Waals surface area (Å²) in [6, 6.07) is 2.63. The smallest absolute Gasteiger partial charge is 0.382 e. The molecule has 0 aliphatic heterocycles. The maximum absolute atomic E-state index is 12.8. The number of halogens is 3. The van der Waals surface area contributed by atoms with E-state index in [2.05, 4.69) is 4.98 Å². The lowest BCUT2D eigenvalue weighted by molar-refractivity contribution is -0.387. The maximum Gasteiger partial charge on any atom is 0.423 e. The van der Waals surface area contributed by atoms with Crippen molar-refractivity contribution >= 4 is 33.2 Å². The molecule has 0 fully saturated rings. The Morgan fingerprint density at radius 2 is 2.05 bits per heavy atom. The summed E-state index contributed by atoms with van der Waals surface area (Å²) in [6.07, 6.45) is -6.19. The molecule has 6 nitrogen and oxygen atoms in total. The number of nitrogens with one attached hydrogen (secondary N) is 1. The van der Waals surface area contributed by atoms with Crippen LogP contribution < -0.4 is 0 Å². The molecule has 0 amide bonds. The Labute approximate surface area is 118 Å². The van der Waals surface area contributed by atoms with Gasteiger partial charge in [-0.1, -0.05) is 0 Å². The van der Waals surface area contributed by atoms with Crippen molar-refractivity contribution in [2.24, 2.45) is 0 Å². The SMILES string of the molecule is O=S=CC(O)c1cc2cc([N+](=O)[O-])c(C(F)(F)F)cc2[nH]1. The highest BCUT2D eigenvalue weighted by Gasteiger charge is 2.38. The molecule has 0 spiro atoms. The molecule has 2 aromatic rings. The molecule has 1 heterocycles. The summed E-state index contributed by atoms with van der Waals surface area (Å²) in [4.78, 5) is 12.1. The van der Waals surface area contributed by atoms with E-state index in [0.717, 1.165) is 11.4 Å². The lowest BCUT2D eigenvalue weighted by atomic mass is 10.1. The molecule has 2 rings (SSSR count). The number of nitro benzene ring substituents is 1. The number of nitrogens with zero attached hydrogens (tertiary/aromatic N) is 1. The molecule has 0 aliphatic rings. The number of alkyl halides is 3. The summed E-state index contributed by atoms with van der Waals surface area (Å²) in [5.74, 6) is 0. The van der Waals surface area contributed by atoms with Crippen molar-refractivity contribution < 1.29 is 27.4 Å². The van der Waals surface area contributed by atoms with Crippen LogP contribution in [-0.2, 0) is 17.4 Å². The molecule has 2 N–H and O–H groups in total. The van der Waals surface area contributed by atoms with Gasteiger partial charge in [-0.2, -0.15) is 13.2 Å². The van der Waals surface area contributed by atoms with Crippen molar-refractivity contribution in [3.05, 3.63) is 39.6 Å². The monoisotopic (exact) mass is 320 g/mol. The van der Waals surface area contributed by atoms with Gasteiger partial charge in [0.05, 0.1) is 16.2 Å². The Bertz CT molecular complexity index is 765. The predicted molar refractivity (Wildman–Crippen MR) is 69.1 cm³/mol. The van der Waals surface area contributed by atoms with Crippen LogP contribution in [0.25, 0.3) is 10.9 Å². The van der Waals surface area contributed by atoms with Crippen LogP contribution in [0.4, 0.5) is 18.9 Å². The van der Waals surface area contributed by atoms with Gasteiger partial charge in [-0.15, -0.1) is 0 Å². The Hall–Kier alpha value is -2.20. The maximum atomic E-state index is 12.8. The summed E-state index contributed by atoms with van der Waals surface area (Å²) >= 11 is -0.00330. The molecule has 112 valence electrons. The van der Waals surface area contributed by atoms with Crippen LogP contribution in [0.2, 0.25) is 0 Å². The van der Waals surface area contributed by atoms with Crippen molar-refractivity contribution in [1.29, 1.82) is 0 Å². The van der Waals surface area contributed by atoms with Gasteiger partial charge in [0, 0.05) is 28.0 Å². The average molecular weight is 320 g/mol. The average Bonchev–Trinajstić information content (AvgIpc) is 2.79. The van der Waals surface area contributed by atoms with Gasteiger partial charge in [-0.25, -0.2) is 4.21 Å². The van der Waals surface area contributed by atoms with E-state index in [4.69, 9.17) is 0 Å². The van der Waals surface area contributed by atoms with Crippen molar-refractivity contribution in [3.63, 3.8) is 0 Å². The standard InChI is InChI=1S/C11H7F3N2O4S/c12-11(13,14)6-3-7-5(2-9(6)16(18)19)1-8(15-7)10(17)4-21-20/h1-4,10,15,17H. The van der Waals surface area contributed by atoms with E-state index in [1.54, 1.807) is 0 Å². The Morgan fingerprint density at radius 3 is 2.57 bits per heavy atom. The fourth-order valence-corrected chi connectivity index (χ4v) is 2.11. The van der Waals surface area contributed by atoms with Crippen molar-refractivity contribution in [3.8, 4) is 0 Å². The van der Waals surface area contributed by atoms with Gasteiger partial charge in [0.1, 0.15) is 11.7 Å². The Balaban J connectivity index is 2.68. The second-order valence-electron chi connectivity index (χ2n) is 4.11. The number of benzene rings is 1. The van der Waals surface area contributed by atoms with Gasteiger partial charge in [0.25, 0.3) is 5.69 Å². The number of nitro groups is 1. The highest BCUT2D eigenvalue weighted by Crippen LogP contribution is 2.38. The van der Waals surface area contributed by atoms with Gasteiger partial charge in [0.2, 0.25) is 0 Å². The molecular weight excluding hydrogens is 313 g/mol. The molecule has 0 radical (unpaired) electrons. The summed E-state index contributed by atoms with van der Waals surface area (Å²) in [5.41, 5.74) is -2.41. The quantitative estimate of drug-likeness (QED) is 0.514. The van der Waals surface area contributed by atoms with Crippen LogP contribution in [0.5, 0.6) is 0 Å². The molecule has 21 heavy (non-hydrogen) atoms. The number of hydrogen-bond donors (Lipinski definition) is 2. The molecule has 0 saturated heterocycles. The first-order chi connectivity index (χ1) is 9.74. The molecule has 0 saturated carbocycles. The van der Waals surface area contributed by atoms with Crippen molar-refractivity contribution in [2.45, 2.75) is 12.3 Å². The highest BCUT2D eigenvalue weighted by molar-refractivity contribution is 7.64. The molecule has 0 bridgehead atoms. The Morgan fingerprint density at radius 1 is 1.38 bits per heavy atom. The predicted octanol–water partition coefficient (Wildman–Crippen LogP) is 2.14. The van der Waals surface area contributed by atoms with Crippen molar-refractivity contribution in [1.82, 2.24) is 4.98 Å². The Kier molecular flexibility index (Phi) is 3.83. The third-order valence-corrected chi connectivity index (χ3v) is 3.13. The molecule has 1 atom stereocenters. The van der Waals surface area contributed by atoms with E-state index >= 15 is 0 Å². The molecule has 1 aromatic carbocycles. The highest BCUT2D eigenvalue weighted by atomic mass is 32.1. The zero-order valence-electron chi connectivity index (χ0n) is 10.0. The van der Waals surface area contributed by atoms with Gasteiger partial charge in [0.15, 0.2) is 0 Å². The fourth-order valence-electron chi connectivity index (χ4n) is 1.85. The van der Waals surface area contributed by atoms with Crippen molar-refractivity contribution in [2.75, 3.05) is 0 Å². The van der Waals surface area contributed by atoms with Crippen LogP contribution in [0.15, 0.2) is 18.2 Å². The van der Waals surface area contributed by atoms with Gasteiger partial charge in [-0.3, -0.25) is 10.1 Å². The minimum absolute atomic E-state index is 0.00330. The number of aromatic amines is 1. The first kappa shape index (κ1) is 15.2. The molecular formula is C11H7F3N2O4S. The number of aromatic nitrogens is 1. The van der Waals surface area contributed by atoms with Gasteiger partial charge < -0.3 is 10.1 Å². The lowest BCUT2D eigenvalue weighted by Gasteiger charge is -2.07. The number of hydrogen-bond acceptors (Lipinski definition) is 4. The summed E-state index contributed by atoms with van der Waals surface area (Å²) in [7, 11) is 0. The fraction of sp³-hybridized carbons (Fsp3) is 0.182. The van der Waals surface area contributed by atoms with E-state index in [1.165, 1.54) is 6.07 Å². The van der Waals surface area contributed by atoms with Crippen LogP contribution in [-0.4, -0.2) is 24.6 Å². The van der Waals surface area contributed by atoms with Crippen LogP contribution in [0.3, 0.4) is 0 Å². The van der Waals surface area contributed by atoms with Gasteiger partial charge >= 0.3 is 6.18 Å². The molecule has 1 aromatic heterocycles. The van der Waals surface area contributed by atoms with E-state index in [0.29, 0.717) is 6.07 Å². The molecule has 1 unspecified atom stereocenters. The number of fused-ring (bicyclic) bond motifs is 1. The first-order valence-corrected chi connectivity index (χ1v) is 6.23. The van der Waals surface area contributed by atoms with Crippen LogP contribution in [0, 0.1) is 10.1 Å². The summed E-state index contributed by atoms with van der Waals surface area (Å²) in [5, 5.41) is 21.4. The van der Waals surface area contributed by atoms with Crippen LogP contribution in [0.1, 0.15) is 17.4 Å². The second-order valence-corrected chi connectivity index (χ2v) is 4.58. The number of aliphatic hydroxyl groups is 1. The van der Waals surface area contributed by atoms with Crippen LogP contribution >= 0.6 is 0 Å². The molecule has 0 aliphatic carbocycles. The second kappa shape index (κ2) is 5.30. The molecule has 10 heteroatoms. The normalized spacial score (nSPS) is 13.1. The topological polar surface area (TPSA) is 96.2 Å².